The van der Waals surface area contributed by atoms with Gasteiger partial charge in [-0.05, 0) is 20.8 Å². The molecule has 0 heterocycles. The molecule has 0 saturated heterocycles. The van der Waals surface area contributed by atoms with Crippen molar-refractivity contribution in [1.29, 1.82) is 0 Å². The summed E-state index contributed by atoms with van der Waals surface area (Å²) >= 11 is 0. The first-order valence-corrected chi connectivity index (χ1v) is 5.33. The number of carbonyl (C=O) groups excluding carboxylic acids is 1. The van der Waals surface area contributed by atoms with Gasteiger partial charge in [-0.15, -0.1) is 0 Å². The molecule has 100 valence electrons. The van der Waals surface area contributed by atoms with Crippen molar-refractivity contribution in [3.8, 4) is 0 Å². The molecule has 0 rings (SSSR count). The molecule has 0 aromatic carbocycles. The second-order valence-corrected chi connectivity index (χ2v) is 5.99. The van der Waals surface area contributed by atoms with Crippen LogP contribution in [0.2, 0.25) is 0 Å². The minimum Gasteiger partial charge on any atom is -0.478 e. The van der Waals surface area contributed by atoms with Crippen LogP contribution in [0.5, 0.6) is 0 Å². The van der Waals surface area contributed by atoms with Crippen LogP contribution < -0.4 is 11.1 Å². The minimum absolute atomic E-state index is 0.707. The molecule has 0 unspecified atom stereocenters. The number of aliphatic carboxylic acids is 1. The molecule has 0 aliphatic heterocycles. The zero-order valence-corrected chi connectivity index (χ0v) is 11.2. The normalized spacial score (nSPS) is 15.9. The summed E-state index contributed by atoms with van der Waals surface area (Å²) in [6, 6.07) is 0. The summed E-state index contributed by atoms with van der Waals surface area (Å²) in [6.07, 6.45) is -0.850. The summed E-state index contributed by atoms with van der Waals surface area (Å²) in [4.78, 5) is 22.7. The first kappa shape index (κ1) is 15.7. The Morgan fingerprint density at radius 3 is 1.76 bits per heavy atom. The van der Waals surface area contributed by atoms with Gasteiger partial charge in [0.25, 0.3) is 0 Å². The molecule has 0 radical (unpaired) electrons. The second-order valence-electron chi connectivity index (χ2n) is 5.99. The van der Waals surface area contributed by atoms with Crippen LogP contribution in [0.1, 0.15) is 41.5 Å². The molecule has 0 aliphatic rings. The highest BCUT2D eigenvalue weighted by atomic mass is 16.6. The van der Waals surface area contributed by atoms with Gasteiger partial charge in [0.15, 0.2) is 5.66 Å². The zero-order valence-electron chi connectivity index (χ0n) is 11.2. The topological polar surface area (TPSA) is 102 Å². The lowest BCUT2D eigenvalue weighted by atomic mass is 9.81. The van der Waals surface area contributed by atoms with Crippen LogP contribution in [0.15, 0.2) is 0 Å². The van der Waals surface area contributed by atoms with Crippen LogP contribution in [0.25, 0.3) is 0 Å². The van der Waals surface area contributed by atoms with E-state index in [0.29, 0.717) is 0 Å². The van der Waals surface area contributed by atoms with Gasteiger partial charge in [0.05, 0.1) is 0 Å². The smallest absolute Gasteiger partial charge is 0.409 e. The lowest BCUT2D eigenvalue weighted by molar-refractivity contribution is -0.149. The summed E-state index contributed by atoms with van der Waals surface area (Å²) in [5.74, 6) is -1.31. The second kappa shape index (κ2) is 4.52. The summed E-state index contributed by atoms with van der Waals surface area (Å²) in [6.45, 7) is 9.92. The maximum atomic E-state index is 11.5. The van der Waals surface area contributed by atoms with Crippen molar-refractivity contribution in [2.24, 2.45) is 11.1 Å². The van der Waals surface area contributed by atoms with Crippen molar-refractivity contribution in [3.05, 3.63) is 0 Å². The predicted molar refractivity (Wildman–Crippen MR) is 63.4 cm³/mol. The van der Waals surface area contributed by atoms with E-state index in [1.165, 1.54) is 0 Å². The van der Waals surface area contributed by atoms with Crippen LogP contribution in [0.3, 0.4) is 0 Å². The number of hydrogen-bond donors (Lipinski definition) is 3. The van der Waals surface area contributed by atoms with Gasteiger partial charge in [-0.25, -0.2) is 9.59 Å². The molecular weight excluding hydrogens is 224 g/mol. The maximum Gasteiger partial charge on any atom is 0.409 e. The van der Waals surface area contributed by atoms with E-state index in [-0.39, 0.29) is 0 Å². The zero-order chi connectivity index (χ0) is 14.1. The van der Waals surface area contributed by atoms with Crippen LogP contribution in [0, 0.1) is 5.41 Å². The van der Waals surface area contributed by atoms with Crippen molar-refractivity contribution in [1.82, 2.24) is 5.32 Å². The van der Waals surface area contributed by atoms with Crippen LogP contribution in [-0.4, -0.2) is 28.4 Å². The average molecular weight is 246 g/mol. The molecule has 1 atom stereocenters. The summed E-state index contributed by atoms with van der Waals surface area (Å²) in [7, 11) is 0. The molecule has 4 N–H and O–H groups in total. The van der Waals surface area contributed by atoms with E-state index in [9.17, 15) is 9.59 Å². The van der Waals surface area contributed by atoms with Crippen molar-refractivity contribution in [2.45, 2.75) is 52.8 Å². The fraction of sp³-hybridized carbons (Fsp3) is 0.818. The van der Waals surface area contributed by atoms with Gasteiger partial charge in [0.1, 0.15) is 5.60 Å². The fourth-order valence-electron chi connectivity index (χ4n) is 1.03. The molecule has 0 aromatic rings. The van der Waals surface area contributed by atoms with Crippen molar-refractivity contribution < 1.29 is 19.4 Å². The molecule has 0 aromatic heterocycles. The van der Waals surface area contributed by atoms with E-state index in [1.54, 1.807) is 41.5 Å². The number of alkyl carbamates (subject to hydrolysis) is 1. The first-order valence-electron chi connectivity index (χ1n) is 5.33. The standard InChI is InChI=1S/C11H22N2O4/c1-9(2,3)11(12,7(14)15)13-8(16)17-10(4,5)6/h12H2,1-6H3,(H,13,16)(H,14,15)/t11-/m0/s1. The Morgan fingerprint density at radius 1 is 1.12 bits per heavy atom. The first-order chi connectivity index (χ1) is 7.29. The Labute approximate surface area is 102 Å². The van der Waals surface area contributed by atoms with Gasteiger partial charge in [0, 0.05) is 5.41 Å². The summed E-state index contributed by atoms with van der Waals surface area (Å²) in [5.41, 5.74) is 2.29. The Morgan fingerprint density at radius 2 is 1.53 bits per heavy atom. The highest BCUT2D eigenvalue weighted by molar-refractivity contribution is 5.84. The SMILES string of the molecule is CC(C)(C)OC(=O)N[C@@](N)(C(=O)O)C(C)(C)C. The highest BCUT2D eigenvalue weighted by Crippen LogP contribution is 2.26. The molecule has 17 heavy (non-hydrogen) atoms. The van der Waals surface area contributed by atoms with E-state index in [4.69, 9.17) is 15.6 Å². The Kier molecular flexibility index (Phi) is 4.18. The van der Waals surface area contributed by atoms with Crippen molar-refractivity contribution >= 4 is 12.1 Å². The average Bonchev–Trinajstić information content (AvgIpc) is 1.96. The maximum absolute atomic E-state index is 11.5. The number of rotatable bonds is 2. The molecule has 6 heteroatoms. The lowest BCUT2D eigenvalue weighted by Gasteiger charge is -2.38. The Bertz CT molecular complexity index is 314. The molecule has 0 saturated carbocycles. The largest absolute Gasteiger partial charge is 0.478 e. The molecular formula is C11H22N2O4. The molecule has 0 spiro atoms. The van der Waals surface area contributed by atoms with Crippen LogP contribution in [0.4, 0.5) is 4.79 Å². The van der Waals surface area contributed by atoms with Gasteiger partial charge < -0.3 is 9.84 Å². The predicted octanol–water partition coefficient (Wildman–Crippen LogP) is 1.30. The Hall–Kier alpha value is -1.30. The molecule has 0 aliphatic carbocycles. The number of amides is 1. The third-order valence-electron chi connectivity index (χ3n) is 2.22. The molecule has 1 amide bonds. The number of ether oxygens (including phenoxy) is 1. The van der Waals surface area contributed by atoms with Crippen molar-refractivity contribution in [2.75, 3.05) is 0 Å². The quantitative estimate of drug-likeness (QED) is 0.637. The van der Waals surface area contributed by atoms with Crippen molar-refractivity contribution in [3.63, 3.8) is 0 Å². The van der Waals surface area contributed by atoms with Gasteiger partial charge in [-0.1, -0.05) is 20.8 Å². The van der Waals surface area contributed by atoms with Gasteiger partial charge in [-0.3, -0.25) is 11.1 Å². The summed E-state index contributed by atoms with van der Waals surface area (Å²) < 4.78 is 4.99. The van der Waals surface area contributed by atoms with E-state index in [1.807, 2.05) is 0 Å². The number of hydrogen-bond acceptors (Lipinski definition) is 4. The number of nitrogens with one attached hydrogen (secondary N) is 1. The lowest BCUT2D eigenvalue weighted by Crippen LogP contribution is -2.69. The number of carbonyl (C=O) groups is 2. The molecule has 6 nitrogen and oxygen atoms in total. The van der Waals surface area contributed by atoms with Crippen LogP contribution >= 0.6 is 0 Å². The number of carboxylic acid groups (broad SMARTS) is 1. The monoisotopic (exact) mass is 246 g/mol. The highest BCUT2D eigenvalue weighted by Gasteiger charge is 2.47. The summed E-state index contributed by atoms with van der Waals surface area (Å²) in [5, 5.41) is 11.3. The Balaban J connectivity index is 4.93. The molecule has 0 fully saturated rings. The number of carboxylic acids is 1. The number of nitrogens with two attached hydrogens (primary N) is 1. The van der Waals surface area contributed by atoms with E-state index in [0.717, 1.165) is 0 Å². The van der Waals surface area contributed by atoms with Gasteiger partial charge in [0.2, 0.25) is 0 Å². The van der Waals surface area contributed by atoms with E-state index < -0.39 is 28.7 Å². The fourth-order valence-corrected chi connectivity index (χ4v) is 1.03. The third kappa shape index (κ3) is 4.22. The van der Waals surface area contributed by atoms with Gasteiger partial charge >= 0.3 is 12.1 Å². The van der Waals surface area contributed by atoms with Crippen LogP contribution in [-0.2, 0) is 9.53 Å². The van der Waals surface area contributed by atoms with Gasteiger partial charge in [-0.2, -0.15) is 0 Å². The van der Waals surface area contributed by atoms with E-state index in [2.05, 4.69) is 5.32 Å². The molecule has 0 bridgehead atoms. The third-order valence-corrected chi connectivity index (χ3v) is 2.22. The minimum atomic E-state index is -1.88. The van der Waals surface area contributed by atoms with E-state index >= 15 is 0 Å².